The molecule has 1 aromatic carbocycles. The van der Waals surface area contributed by atoms with Crippen molar-refractivity contribution < 1.29 is 4.74 Å². The van der Waals surface area contributed by atoms with Gasteiger partial charge in [-0.1, -0.05) is 30.3 Å². The maximum Gasteiger partial charge on any atom is 0.164 e. The summed E-state index contributed by atoms with van der Waals surface area (Å²) in [5.41, 5.74) is 6.20. The van der Waals surface area contributed by atoms with Gasteiger partial charge in [-0.25, -0.2) is 9.50 Å². The first-order valence-electron chi connectivity index (χ1n) is 6.99. The lowest BCUT2D eigenvalue weighted by atomic mass is 10.1. The van der Waals surface area contributed by atoms with Gasteiger partial charge in [-0.2, -0.15) is 5.10 Å². The summed E-state index contributed by atoms with van der Waals surface area (Å²) in [6.07, 6.45) is 0.831. The average Bonchev–Trinajstić information content (AvgIpc) is 2.85. The van der Waals surface area contributed by atoms with E-state index in [0.717, 1.165) is 51.8 Å². The van der Waals surface area contributed by atoms with Gasteiger partial charge >= 0.3 is 0 Å². The highest BCUT2D eigenvalue weighted by atomic mass is 32.1. The molecule has 0 saturated heterocycles. The highest BCUT2D eigenvalue weighted by molar-refractivity contribution is 7.80. The van der Waals surface area contributed by atoms with Crippen LogP contribution < -0.4 is 0 Å². The molecule has 5 heteroatoms. The molecule has 0 N–H and O–H groups in total. The van der Waals surface area contributed by atoms with Gasteiger partial charge in [0.1, 0.15) is 5.03 Å². The van der Waals surface area contributed by atoms with E-state index in [1.807, 2.05) is 29.6 Å². The van der Waals surface area contributed by atoms with Gasteiger partial charge in [-0.05, 0) is 12.5 Å². The van der Waals surface area contributed by atoms with E-state index in [2.05, 4.69) is 29.9 Å². The number of hydrogen-bond donors (Lipinski definition) is 1. The summed E-state index contributed by atoms with van der Waals surface area (Å²) in [7, 11) is 0. The summed E-state index contributed by atoms with van der Waals surface area (Å²) in [6.45, 7) is 3.30. The fourth-order valence-corrected chi connectivity index (χ4v) is 3.19. The summed E-state index contributed by atoms with van der Waals surface area (Å²) in [6, 6.07) is 10.3. The van der Waals surface area contributed by atoms with Crippen LogP contribution in [0, 0.1) is 6.92 Å². The number of thiol groups is 1. The molecule has 0 unspecified atom stereocenters. The fourth-order valence-electron chi connectivity index (χ4n) is 2.86. The molecule has 0 atom stereocenters. The monoisotopic (exact) mass is 297 g/mol. The van der Waals surface area contributed by atoms with E-state index in [9.17, 15) is 0 Å². The Bertz CT molecular complexity index is 827. The number of rotatable bonds is 1. The summed E-state index contributed by atoms with van der Waals surface area (Å²) >= 11 is 4.66. The molecule has 3 aromatic rings. The van der Waals surface area contributed by atoms with Crippen molar-refractivity contribution in [2.24, 2.45) is 0 Å². The van der Waals surface area contributed by atoms with E-state index < -0.39 is 0 Å². The van der Waals surface area contributed by atoms with E-state index in [1.54, 1.807) is 0 Å². The third-order valence-electron chi connectivity index (χ3n) is 3.89. The Kier molecular flexibility index (Phi) is 2.97. The summed E-state index contributed by atoms with van der Waals surface area (Å²) < 4.78 is 7.35. The number of fused-ring (bicyclic) bond motifs is 2. The summed E-state index contributed by atoms with van der Waals surface area (Å²) in [5, 5.41) is 5.45. The smallest absolute Gasteiger partial charge is 0.164 e. The Morgan fingerprint density at radius 3 is 2.86 bits per heavy atom. The first-order chi connectivity index (χ1) is 10.3. The Morgan fingerprint density at radius 2 is 2.05 bits per heavy atom. The lowest BCUT2D eigenvalue weighted by Gasteiger charge is -2.17. The molecule has 4 nitrogen and oxygen atoms in total. The zero-order valence-electron chi connectivity index (χ0n) is 11.7. The van der Waals surface area contributed by atoms with Crippen molar-refractivity contribution in [2.75, 3.05) is 6.61 Å². The largest absolute Gasteiger partial charge is 0.376 e. The van der Waals surface area contributed by atoms with Crippen LogP contribution in [0.1, 0.15) is 17.0 Å². The molecule has 1 aliphatic heterocycles. The van der Waals surface area contributed by atoms with Crippen LogP contribution in [0.15, 0.2) is 35.4 Å². The fraction of sp³-hybridized carbons (Fsp3) is 0.250. The quantitative estimate of drug-likeness (QED) is 0.554. The Balaban J connectivity index is 2.05. The lowest BCUT2D eigenvalue weighted by Crippen LogP contribution is -2.15. The molecule has 0 saturated carbocycles. The molecule has 4 rings (SSSR count). The zero-order chi connectivity index (χ0) is 14.4. The molecule has 0 fully saturated rings. The van der Waals surface area contributed by atoms with Gasteiger partial charge in [0, 0.05) is 17.5 Å². The van der Waals surface area contributed by atoms with Crippen LogP contribution in [0.2, 0.25) is 0 Å². The first kappa shape index (κ1) is 12.9. The number of aryl methyl sites for hydroxylation is 1. The van der Waals surface area contributed by atoms with Crippen LogP contribution in [0.25, 0.3) is 16.8 Å². The Morgan fingerprint density at radius 1 is 1.24 bits per heavy atom. The molecule has 0 spiro atoms. The molecule has 0 radical (unpaired) electrons. The first-order valence-corrected chi connectivity index (χ1v) is 7.43. The van der Waals surface area contributed by atoms with Crippen molar-refractivity contribution in [3.8, 4) is 11.1 Å². The maximum atomic E-state index is 5.52. The number of nitrogens with zero attached hydrogens (tertiary/aromatic N) is 3. The van der Waals surface area contributed by atoms with Gasteiger partial charge in [0.15, 0.2) is 5.65 Å². The third-order valence-corrected chi connectivity index (χ3v) is 4.35. The Hall–Kier alpha value is -1.85. The van der Waals surface area contributed by atoms with E-state index in [4.69, 9.17) is 9.72 Å². The van der Waals surface area contributed by atoms with E-state index in [0.29, 0.717) is 6.61 Å². The second kappa shape index (κ2) is 4.86. The van der Waals surface area contributed by atoms with Crippen molar-refractivity contribution in [1.29, 1.82) is 0 Å². The van der Waals surface area contributed by atoms with Crippen LogP contribution in [0.3, 0.4) is 0 Å². The summed E-state index contributed by atoms with van der Waals surface area (Å²) in [5.74, 6) is 0. The van der Waals surface area contributed by atoms with Gasteiger partial charge in [-0.3, -0.25) is 0 Å². The van der Waals surface area contributed by atoms with Crippen molar-refractivity contribution in [3.63, 3.8) is 0 Å². The Labute approximate surface area is 128 Å². The lowest BCUT2D eigenvalue weighted by molar-refractivity contribution is 0.106. The van der Waals surface area contributed by atoms with E-state index in [-0.39, 0.29) is 0 Å². The molecule has 2 aromatic heterocycles. The van der Waals surface area contributed by atoms with Crippen LogP contribution in [0.4, 0.5) is 0 Å². The van der Waals surface area contributed by atoms with Gasteiger partial charge in [0.05, 0.1) is 24.6 Å². The van der Waals surface area contributed by atoms with E-state index in [1.165, 1.54) is 0 Å². The van der Waals surface area contributed by atoms with Crippen molar-refractivity contribution in [1.82, 2.24) is 14.6 Å². The number of aromatic nitrogens is 3. The number of benzene rings is 1. The van der Waals surface area contributed by atoms with Crippen LogP contribution >= 0.6 is 12.6 Å². The number of ether oxygens (including phenoxy) is 1. The van der Waals surface area contributed by atoms with Gasteiger partial charge in [-0.15, -0.1) is 12.6 Å². The molecule has 106 valence electrons. The number of hydrogen-bond acceptors (Lipinski definition) is 4. The van der Waals surface area contributed by atoms with Crippen LogP contribution in [0.5, 0.6) is 0 Å². The maximum absolute atomic E-state index is 5.52. The normalized spacial score (nSPS) is 14.4. The van der Waals surface area contributed by atoms with Crippen molar-refractivity contribution >= 4 is 18.3 Å². The van der Waals surface area contributed by atoms with Gasteiger partial charge in [0.25, 0.3) is 0 Å². The zero-order valence-corrected chi connectivity index (χ0v) is 12.6. The highest BCUT2D eigenvalue weighted by Gasteiger charge is 2.21. The van der Waals surface area contributed by atoms with Crippen LogP contribution in [-0.4, -0.2) is 21.2 Å². The van der Waals surface area contributed by atoms with Crippen molar-refractivity contribution in [2.45, 2.75) is 25.0 Å². The highest BCUT2D eigenvalue weighted by Crippen LogP contribution is 2.31. The van der Waals surface area contributed by atoms with Gasteiger partial charge in [0.2, 0.25) is 0 Å². The van der Waals surface area contributed by atoms with E-state index >= 15 is 0 Å². The molecule has 0 amide bonds. The molecule has 0 bridgehead atoms. The third kappa shape index (κ3) is 1.96. The molecule has 21 heavy (non-hydrogen) atoms. The standard InChI is InChI=1S/C16H15N3OS/c1-10-14(11-5-3-2-4-6-11)15-17-13-7-8-20-9-12(13)16(21)19(15)18-10/h2-6,21H,7-9H2,1H3. The average molecular weight is 297 g/mol. The topological polar surface area (TPSA) is 39.4 Å². The molecular weight excluding hydrogens is 282 g/mol. The molecule has 0 aliphatic carbocycles. The van der Waals surface area contributed by atoms with Crippen LogP contribution in [-0.2, 0) is 17.8 Å². The minimum absolute atomic E-state index is 0.566. The minimum Gasteiger partial charge on any atom is -0.376 e. The van der Waals surface area contributed by atoms with Crippen molar-refractivity contribution in [3.05, 3.63) is 47.3 Å². The minimum atomic E-state index is 0.566. The molecule has 1 aliphatic rings. The second-order valence-electron chi connectivity index (χ2n) is 5.23. The molecule has 3 heterocycles. The summed E-state index contributed by atoms with van der Waals surface area (Å²) in [4.78, 5) is 4.85. The predicted octanol–water partition coefficient (Wildman–Crippen LogP) is 3.07. The predicted molar refractivity (Wildman–Crippen MR) is 83.8 cm³/mol. The molecular formula is C16H15N3OS. The SMILES string of the molecule is Cc1nn2c(S)c3c(nc2c1-c1ccccc1)CCOC3. The van der Waals surface area contributed by atoms with Gasteiger partial charge < -0.3 is 4.74 Å². The second-order valence-corrected chi connectivity index (χ2v) is 5.65.